The van der Waals surface area contributed by atoms with Gasteiger partial charge in [-0.25, -0.2) is 4.98 Å². The van der Waals surface area contributed by atoms with E-state index in [1.165, 1.54) is 51.4 Å². The molecule has 2 rings (SSSR count). The number of aryl methyl sites for hydroxylation is 1. The topological polar surface area (TPSA) is 29.9 Å². The van der Waals surface area contributed by atoms with Crippen LogP contribution in [0.2, 0.25) is 0 Å². The molecule has 3 heteroatoms. The molecular formula is C15H27N3. The zero-order chi connectivity index (χ0) is 12.8. The lowest BCUT2D eigenvalue weighted by Crippen LogP contribution is -2.11. The van der Waals surface area contributed by atoms with Crippen molar-refractivity contribution in [2.45, 2.75) is 71.3 Å². The van der Waals surface area contributed by atoms with Crippen molar-refractivity contribution < 1.29 is 0 Å². The number of hydrogen-bond acceptors (Lipinski definition) is 2. The lowest BCUT2D eigenvalue weighted by Gasteiger charge is -2.15. The molecule has 0 bridgehead atoms. The third-order valence-electron chi connectivity index (χ3n) is 3.88. The maximum absolute atomic E-state index is 4.62. The van der Waals surface area contributed by atoms with Crippen molar-refractivity contribution in [1.82, 2.24) is 9.55 Å². The van der Waals surface area contributed by atoms with E-state index in [1.54, 1.807) is 0 Å². The van der Waals surface area contributed by atoms with Gasteiger partial charge in [0.25, 0.3) is 0 Å². The molecule has 0 amide bonds. The highest BCUT2D eigenvalue weighted by molar-refractivity contribution is 5.29. The van der Waals surface area contributed by atoms with Crippen LogP contribution in [0.5, 0.6) is 0 Å². The molecule has 1 aromatic heterocycles. The van der Waals surface area contributed by atoms with E-state index in [1.807, 2.05) is 0 Å². The fourth-order valence-electron chi connectivity index (χ4n) is 2.86. The Balaban J connectivity index is 1.86. The summed E-state index contributed by atoms with van der Waals surface area (Å²) < 4.78 is 2.38. The number of aromatic nitrogens is 2. The number of nitrogens with one attached hydrogen (secondary N) is 1. The Hall–Kier alpha value is -0.990. The molecular weight excluding hydrogens is 222 g/mol. The van der Waals surface area contributed by atoms with E-state index in [0.29, 0.717) is 6.04 Å². The third kappa shape index (κ3) is 3.50. The van der Waals surface area contributed by atoms with Crippen molar-refractivity contribution in [2.24, 2.45) is 0 Å². The van der Waals surface area contributed by atoms with E-state index < -0.39 is 0 Å². The van der Waals surface area contributed by atoms with Crippen molar-refractivity contribution >= 4 is 5.95 Å². The average molecular weight is 249 g/mol. The third-order valence-corrected chi connectivity index (χ3v) is 3.88. The molecule has 0 spiro atoms. The van der Waals surface area contributed by atoms with Crippen LogP contribution in [0.4, 0.5) is 5.95 Å². The Bertz CT molecular complexity index is 351. The van der Waals surface area contributed by atoms with E-state index >= 15 is 0 Å². The highest BCUT2D eigenvalue weighted by Crippen LogP contribution is 2.32. The quantitative estimate of drug-likeness (QED) is 0.730. The van der Waals surface area contributed by atoms with Gasteiger partial charge in [-0.3, -0.25) is 0 Å². The molecule has 18 heavy (non-hydrogen) atoms. The van der Waals surface area contributed by atoms with E-state index in [0.717, 1.165) is 18.2 Å². The second-order valence-corrected chi connectivity index (χ2v) is 5.54. The molecule has 1 saturated carbocycles. The van der Waals surface area contributed by atoms with Crippen LogP contribution in [0, 0.1) is 6.92 Å². The minimum absolute atomic E-state index is 0.685. The Morgan fingerprint density at radius 1 is 1.28 bits per heavy atom. The van der Waals surface area contributed by atoms with Crippen LogP contribution in [-0.2, 0) is 0 Å². The van der Waals surface area contributed by atoms with Crippen LogP contribution < -0.4 is 5.32 Å². The van der Waals surface area contributed by atoms with E-state index in [-0.39, 0.29) is 0 Å². The minimum atomic E-state index is 0.685. The Morgan fingerprint density at radius 3 is 2.78 bits per heavy atom. The van der Waals surface area contributed by atoms with Crippen molar-refractivity contribution in [3.63, 3.8) is 0 Å². The summed E-state index contributed by atoms with van der Waals surface area (Å²) in [6.45, 7) is 5.40. The maximum atomic E-state index is 4.62. The first kappa shape index (κ1) is 13.4. The van der Waals surface area contributed by atoms with Gasteiger partial charge in [-0.1, -0.05) is 39.0 Å². The van der Waals surface area contributed by atoms with Crippen LogP contribution in [-0.4, -0.2) is 16.1 Å². The zero-order valence-electron chi connectivity index (χ0n) is 11.9. The highest BCUT2D eigenvalue weighted by Gasteiger charge is 2.19. The van der Waals surface area contributed by atoms with Crippen LogP contribution in [0.3, 0.4) is 0 Å². The molecule has 1 N–H and O–H groups in total. The van der Waals surface area contributed by atoms with Crippen LogP contribution in [0.25, 0.3) is 0 Å². The smallest absolute Gasteiger partial charge is 0.203 e. The van der Waals surface area contributed by atoms with Gasteiger partial charge in [-0.15, -0.1) is 0 Å². The zero-order valence-corrected chi connectivity index (χ0v) is 11.9. The Kier molecular flexibility index (Phi) is 5.09. The standard InChI is InChI=1S/C15H27N3/c1-3-4-5-8-11-16-15-17-13(2)12-18(15)14-9-6-7-10-14/h12,14H,3-11H2,1-2H3,(H,16,17). The number of hydrogen-bond donors (Lipinski definition) is 1. The fraction of sp³-hybridized carbons (Fsp3) is 0.800. The molecule has 1 aliphatic rings. The predicted molar refractivity (Wildman–Crippen MR) is 77.1 cm³/mol. The molecule has 1 heterocycles. The summed E-state index contributed by atoms with van der Waals surface area (Å²) in [6.07, 6.45) is 12.8. The first-order chi connectivity index (χ1) is 8.81. The molecule has 0 unspecified atom stereocenters. The molecule has 0 saturated heterocycles. The number of imidazole rings is 1. The second kappa shape index (κ2) is 6.81. The van der Waals surface area contributed by atoms with Gasteiger partial charge in [0, 0.05) is 18.8 Å². The van der Waals surface area contributed by atoms with Gasteiger partial charge in [-0.2, -0.15) is 0 Å². The van der Waals surface area contributed by atoms with Gasteiger partial charge in [0.2, 0.25) is 5.95 Å². The number of rotatable bonds is 7. The number of nitrogens with zero attached hydrogens (tertiary/aromatic N) is 2. The van der Waals surface area contributed by atoms with E-state index in [4.69, 9.17) is 0 Å². The van der Waals surface area contributed by atoms with Gasteiger partial charge in [-0.05, 0) is 26.2 Å². The van der Waals surface area contributed by atoms with Crippen LogP contribution >= 0.6 is 0 Å². The SMILES string of the molecule is CCCCCCNc1nc(C)cn1C1CCCC1. The molecule has 3 nitrogen and oxygen atoms in total. The summed E-state index contributed by atoms with van der Waals surface area (Å²) in [4.78, 5) is 4.62. The van der Waals surface area contributed by atoms with E-state index in [2.05, 4.69) is 34.9 Å². The first-order valence-corrected chi connectivity index (χ1v) is 7.60. The predicted octanol–water partition coefficient (Wildman–Crippen LogP) is 4.30. The molecule has 1 aromatic rings. The number of unbranched alkanes of at least 4 members (excludes halogenated alkanes) is 3. The average Bonchev–Trinajstić information content (AvgIpc) is 2.98. The van der Waals surface area contributed by atoms with Gasteiger partial charge in [0.05, 0.1) is 5.69 Å². The monoisotopic (exact) mass is 249 g/mol. The summed E-state index contributed by atoms with van der Waals surface area (Å²) in [5, 5.41) is 3.52. The van der Waals surface area contributed by atoms with Crippen LogP contribution in [0.1, 0.15) is 70.0 Å². The summed E-state index contributed by atoms with van der Waals surface area (Å²) in [6, 6.07) is 0.685. The summed E-state index contributed by atoms with van der Waals surface area (Å²) in [5.74, 6) is 1.09. The molecule has 0 atom stereocenters. The fourth-order valence-corrected chi connectivity index (χ4v) is 2.86. The van der Waals surface area contributed by atoms with Gasteiger partial charge >= 0.3 is 0 Å². The van der Waals surface area contributed by atoms with Crippen molar-refractivity contribution in [3.05, 3.63) is 11.9 Å². The summed E-state index contributed by atoms with van der Waals surface area (Å²) in [7, 11) is 0. The second-order valence-electron chi connectivity index (χ2n) is 5.54. The molecule has 0 radical (unpaired) electrons. The largest absolute Gasteiger partial charge is 0.356 e. The van der Waals surface area contributed by atoms with E-state index in [9.17, 15) is 0 Å². The molecule has 0 aliphatic heterocycles. The summed E-state index contributed by atoms with van der Waals surface area (Å²) >= 11 is 0. The first-order valence-electron chi connectivity index (χ1n) is 7.60. The van der Waals surface area contributed by atoms with Crippen molar-refractivity contribution in [3.8, 4) is 0 Å². The molecule has 0 aromatic carbocycles. The molecule has 102 valence electrons. The highest BCUT2D eigenvalue weighted by atomic mass is 15.2. The normalized spacial score (nSPS) is 16.3. The van der Waals surface area contributed by atoms with Crippen molar-refractivity contribution in [2.75, 3.05) is 11.9 Å². The number of anilines is 1. The minimum Gasteiger partial charge on any atom is -0.356 e. The van der Waals surface area contributed by atoms with Gasteiger partial charge < -0.3 is 9.88 Å². The van der Waals surface area contributed by atoms with Gasteiger partial charge in [0.15, 0.2) is 0 Å². The van der Waals surface area contributed by atoms with Crippen LogP contribution in [0.15, 0.2) is 6.20 Å². The summed E-state index contributed by atoms with van der Waals surface area (Å²) in [5.41, 5.74) is 1.14. The van der Waals surface area contributed by atoms with Crippen molar-refractivity contribution in [1.29, 1.82) is 0 Å². The lowest BCUT2D eigenvalue weighted by molar-refractivity contribution is 0.522. The Morgan fingerprint density at radius 2 is 2.06 bits per heavy atom. The molecule has 1 aliphatic carbocycles. The Labute approximate surface area is 111 Å². The lowest BCUT2D eigenvalue weighted by atomic mass is 10.2. The maximum Gasteiger partial charge on any atom is 0.203 e. The van der Waals surface area contributed by atoms with Gasteiger partial charge in [0.1, 0.15) is 0 Å². The molecule has 1 fully saturated rings.